The van der Waals surface area contributed by atoms with Gasteiger partial charge in [-0.15, -0.1) is 0 Å². The molecule has 1 aromatic carbocycles. The lowest BCUT2D eigenvalue weighted by Crippen LogP contribution is -1.93. The van der Waals surface area contributed by atoms with Gasteiger partial charge in [-0.2, -0.15) is 0 Å². The lowest BCUT2D eigenvalue weighted by atomic mass is 10.0. The molecule has 0 spiro atoms. The molecule has 0 saturated heterocycles. The molecule has 0 aliphatic heterocycles. The summed E-state index contributed by atoms with van der Waals surface area (Å²) in [6, 6.07) is 3.62. The molecule has 1 aromatic heterocycles. The van der Waals surface area contributed by atoms with Crippen LogP contribution in [0.4, 0.5) is 0 Å². The number of benzene rings is 1. The SMILES string of the molecule is CC/C=C\c1ccc2c(C(=O)O)onc2c1C. The summed E-state index contributed by atoms with van der Waals surface area (Å²) >= 11 is 0. The summed E-state index contributed by atoms with van der Waals surface area (Å²) in [5, 5.41) is 13.3. The third-order valence-electron chi connectivity index (χ3n) is 2.67. The van der Waals surface area contributed by atoms with Crippen LogP contribution in [0.2, 0.25) is 0 Å². The van der Waals surface area contributed by atoms with Crippen molar-refractivity contribution in [3.05, 3.63) is 35.1 Å². The topological polar surface area (TPSA) is 63.3 Å². The maximum Gasteiger partial charge on any atom is 0.375 e. The second-order valence-corrected chi connectivity index (χ2v) is 3.80. The van der Waals surface area contributed by atoms with E-state index in [-0.39, 0.29) is 5.76 Å². The van der Waals surface area contributed by atoms with E-state index >= 15 is 0 Å². The number of nitrogens with zero attached hydrogens (tertiary/aromatic N) is 1. The first-order valence-corrected chi connectivity index (χ1v) is 5.44. The highest BCUT2D eigenvalue weighted by atomic mass is 16.5. The minimum absolute atomic E-state index is 0.103. The molecule has 4 heteroatoms. The van der Waals surface area contributed by atoms with Crippen LogP contribution in [0.25, 0.3) is 17.0 Å². The number of carbonyl (C=O) groups is 1. The van der Waals surface area contributed by atoms with E-state index in [0.717, 1.165) is 17.5 Å². The third kappa shape index (κ3) is 1.93. The van der Waals surface area contributed by atoms with Crippen LogP contribution in [-0.4, -0.2) is 16.2 Å². The fourth-order valence-electron chi connectivity index (χ4n) is 1.74. The third-order valence-corrected chi connectivity index (χ3v) is 2.67. The van der Waals surface area contributed by atoms with E-state index in [1.807, 2.05) is 25.1 Å². The Labute approximate surface area is 98.5 Å². The van der Waals surface area contributed by atoms with Crippen molar-refractivity contribution < 1.29 is 14.4 Å². The predicted molar refractivity (Wildman–Crippen MR) is 65.0 cm³/mol. The molecule has 0 atom stereocenters. The second-order valence-electron chi connectivity index (χ2n) is 3.80. The first-order chi connectivity index (χ1) is 8.15. The number of aromatic nitrogens is 1. The van der Waals surface area contributed by atoms with E-state index < -0.39 is 5.97 Å². The number of hydrogen-bond acceptors (Lipinski definition) is 3. The lowest BCUT2D eigenvalue weighted by molar-refractivity contribution is 0.0655. The number of aromatic carboxylic acids is 1. The Morgan fingerprint density at radius 2 is 2.29 bits per heavy atom. The zero-order chi connectivity index (χ0) is 12.4. The van der Waals surface area contributed by atoms with Crippen LogP contribution in [0.5, 0.6) is 0 Å². The predicted octanol–water partition coefficient (Wildman–Crippen LogP) is 3.26. The summed E-state index contributed by atoms with van der Waals surface area (Å²) in [5.74, 6) is -1.20. The molecule has 1 N–H and O–H groups in total. The summed E-state index contributed by atoms with van der Waals surface area (Å²) in [6.45, 7) is 3.97. The highest BCUT2D eigenvalue weighted by Crippen LogP contribution is 2.25. The Morgan fingerprint density at radius 3 is 2.94 bits per heavy atom. The average molecular weight is 231 g/mol. The van der Waals surface area contributed by atoms with Crippen molar-refractivity contribution in [2.24, 2.45) is 0 Å². The molecule has 0 fully saturated rings. The van der Waals surface area contributed by atoms with Crippen molar-refractivity contribution in [3.8, 4) is 0 Å². The van der Waals surface area contributed by atoms with Gasteiger partial charge in [-0.3, -0.25) is 0 Å². The molecule has 0 amide bonds. The van der Waals surface area contributed by atoms with E-state index in [1.54, 1.807) is 6.07 Å². The van der Waals surface area contributed by atoms with Gasteiger partial charge in [-0.25, -0.2) is 4.79 Å². The molecule has 17 heavy (non-hydrogen) atoms. The molecule has 0 aliphatic carbocycles. The van der Waals surface area contributed by atoms with Crippen molar-refractivity contribution in [3.63, 3.8) is 0 Å². The number of rotatable bonds is 3. The highest BCUT2D eigenvalue weighted by Gasteiger charge is 2.17. The zero-order valence-electron chi connectivity index (χ0n) is 9.73. The number of carboxylic acids is 1. The van der Waals surface area contributed by atoms with E-state index in [4.69, 9.17) is 9.63 Å². The van der Waals surface area contributed by atoms with Gasteiger partial charge in [0.2, 0.25) is 0 Å². The molecular formula is C13H13NO3. The van der Waals surface area contributed by atoms with Crippen molar-refractivity contribution in [1.82, 2.24) is 5.16 Å². The van der Waals surface area contributed by atoms with Crippen LogP contribution in [0.3, 0.4) is 0 Å². The summed E-state index contributed by atoms with van der Waals surface area (Å²) in [7, 11) is 0. The Balaban J connectivity index is 2.61. The maximum absolute atomic E-state index is 10.9. The maximum atomic E-state index is 10.9. The second kappa shape index (κ2) is 4.41. The van der Waals surface area contributed by atoms with E-state index in [9.17, 15) is 4.79 Å². The molecular weight excluding hydrogens is 218 g/mol. The normalized spacial score (nSPS) is 11.4. The van der Waals surface area contributed by atoms with E-state index in [1.165, 1.54) is 0 Å². The van der Waals surface area contributed by atoms with Gasteiger partial charge in [0.25, 0.3) is 5.76 Å². The van der Waals surface area contributed by atoms with Crippen molar-refractivity contribution >= 4 is 22.9 Å². The standard InChI is InChI=1S/C13H13NO3/c1-3-4-5-9-6-7-10-11(8(9)2)14-17-12(10)13(15)16/h4-7H,3H2,1-2H3,(H,15,16)/b5-4-. The minimum atomic E-state index is -1.09. The molecule has 0 aliphatic rings. The molecule has 1 heterocycles. The fourth-order valence-corrected chi connectivity index (χ4v) is 1.74. The Bertz CT molecular complexity index is 596. The van der Waals surface area contributed by atoms with Crippen molar-refractivity contribution in [2.45, 2.75) is 20.3 Å². The van der Waals surface area contributed by atoms with Crippen molar-refractivity contribution in [2.75, 3.05) is 0 Å². The number of carboxylic acid groups (broad SMARTS) is 1. The summed E-state index contributed by atoms with van der Waals surface area (Å²) in [6.07, 6.45) is 5.01. The summed E-state index contributed by atoms with van der Waals surface area (Å²) < 4.78 is 4.84. The molecule has 0 bridgehead atoms. The smallest absolute Gasteiger partial charge is 0.375 e. The Kier molecular flexibility index (Phi) is 2.95. The number of allylic oxidation sites excluding steroid dienone is 1. The van der Waals surface area contributed by atoms with Crippen LogP contribution < -0.4 is 0 Å². The first-order valence-electron chi connectivity index (χ1n) is 5.44. The van der Waals surface area contributed by atoms with Crippen LogP contribution in [0, 0.1) is 6.92 Å². The molecule has 0 unspecified atom stereocenters. The van der Waals surface area contributed by atoms with Gasteiger partial charge in [-0.1, -0.05) is 30.3 Å². The van der Waals surface area contributed by atoms with Crippen molar-refractivity contribution in [1.29, 1.82) is 0 Å². The fraction of sp³-hybridized carbons (Fsp3) is 0.231. The quantitative estimate of drug-likeness (QED) is 0.880. The van der Waals surface area contributed by atoms with E-state index in [2.05, 4.69) is 12.1 Å². The minimum Gasteiger partial charge on any atom is -0.475 e. The molecule has 4 nitrogen and oxygen atoms in total. The number of hydrogen-bond donors (Lipinski definition) is 1. The molecule has 2 aromatic rings. The summed E-state index contributed by atoms with van der Waals surface area (Å²) in [5.41, 5.74) is 2.58. The molecule has 2 rings (SSSR count). The Hall–Kier alpha value is -2.10. The van der Waals surface area contributed by atoms with Gasteiger partial charge in [0.15, 0.2) is 0 Å². The largest absolute Gasteiger partial charge is 0.475 e. The zero-order valence-corrected chi connectivity index (χ0v) is 9.73. The van der Waals surface area contributed by atoms with Crippen LogP contribution in [-0.2, 0) is 0 Å². The highest BCUT2D eigenvalue weighted by molar-refractivity contribution is 6.01. The average Bonchev–Trinajstić information content (AvgIpc) is 2.73. The van der Waals surface area contributed by atoms with Gasteiger partial charge in [-0.05, 0) is 30.5 Å². The van der Waals surface area contributed by atoms with Gasteiger partial charge in [0, 0.05) is 0 Å². The number of aryl methyl sites for hydroxylation is 1. The molecule has 88 valence electrons. The van der Waals surface area contributed by atoms with Gasteiger partial charge in [0.1, 0.15) is 5.52 Å². The first kappa shape index (κ1) is 11.4. The molecule has 0 radical (unpaired) electrons. The summed E-state index contributed by atoms with van der Waals surface area (Å²) in [4.78, 5) is 10.9. The van der Waals surface area contributed by atoms with Crippen LogP contribution in [0.15, 0.2) is 22.7 Å². The lowest BCUT2D eigenvalue weighted by Gasteiger charge is -2.00. The van der Waals surface area contributed by atoms with Gasteiger partial charge >= 0.3 is 5.97 Å². The monoisotopic (exact) mass is 231 g/mol. The van der Waals surface area contributed by atoms with Gasteiger partial charge in [0.05, 0.1) is 5.39 Å². The Morgan fingerprint density at radius 1 is 1.53 bits per heavy atom. The van der Waals surface area contributed by atoms with E-state index in [0.29, 0.717) is 10.9 Å². The van der Waals surface area contributed by atoms with Crippen LogP contribution >= 0.6 is 0 Å². The number of fused-ring (bicyclic) bond motifs is 1. The van der Waals surface area contributed by atoms with Crippen LogP contribution in [0.1, 0.15) is 35.0 Å². The molecule has 0 saturated carbocycles. The van der Waals surface area contributed by atoms with Gasteiger partial charge < -0.3 is 9.63 Å².